The van der Waals surface area contributed by atoms with Gasteiger partial charge in [0.15, 0.2) is 0 Å². The number of carbonyl (C=O) groups is 1. The van der Waals surface area contributed by atoms with Gasteiger partial charge in [-0.1, -0.05) is 18.2 Å². The number of benzene rings is 1. The van der Waals surface area contributed by atoms with Crippen LogP contribution in [0.1, 0.15) is 17.6 Å². The summed E-state index contributed by atoms with van der Waals surface area (Å²) in [7, 11) is 0. The Kier molecular flexibility index (Phi) is 3.49. The van der Waals surface area contributed by atoms with Crippen LogP contribution in [0.3, 0.4) is 0 Å². The second-order valence-corrected chi connectivity index (χ2v) is 2.77. The van der Waals surface area contributed by atoms with Crippen LogP contribution in [0.5, 0.6) is 0 Å². The fourth-order valence-corrected chi connectivity index (χ4v) is 0.993. The van der Waals surface area contributed by atoms with E-state index in [0.717, 1.165) is 6.07 Å². The minimum absolute atomic E-state index is 0.0905. The van der Waals surface area contributed by atoms with Gasteiger partial charge in [-0.25, -0.2) is 13.6 Å². The molecule has 0 aliphatic rings. The SMILES string of the molecule is O=C(O)/C(F)=C/c1cccc(C(F)F)c1. The molecule has 0 heterocycles. The lowest BCUT2D eigenvalue weighted by atomic mass is 10.1. The summed E-state index contributed by atoms with van der Waals surface area (Å²) in [6.45, 7) is 0. The van der Waals surface area contributed by atoms with Gasteiger partial charge in [0.1, 0.15) is 0 Å². The summed E-state index contributed by atoms with van der Waals surface area (Å²) >= 11 is 0. The largest absolute Gasteiger partial charge is 0.476 e. The van der Waals surface area contributed by atoms with Crippen LogP contribution in [-0.2, 0) is 4.79 Å². The van der Waals surface area contributed by atoms with Crippen molar-refractivity contribution < 1.29 is 23.1 Å². The minimum atomic E-state index is -2.66. The summed E-state index contributed by atoms with van der Waals surface area (Å²) in [5.41, 5.74) is -0.186. The van der Waals surface area contributed by atoms with Crippen LogP contribution < -0.4 is 0 Å². The number of halogens is 3. The predicted molar refractivity (Wildman–Crippen MR) is 48.1 cm³/mol. The third kappa shape index (κ3) is 3.12. The molecule has 0 aromatic heterocycles. The summed E-state index contributed by atoms with van der Waals surface area (Å²) in [6, 6.07) is 4.87. The van der Waals surface area contributed by atoms with Crippen molar-refractivity contribution in [3.8, 4) is 0 Å². The molecule has 0 saturated heterocycles. The number of carboxylic acids is 1. The molecule has 0 aliphatic carbocycles. The first-order valence-electron chi connectivity index (χ1n) is 3.99. The molecule has 0 aliphatic heterocycles. The highest BCUT2D eigenvalue weighted by molar-refractivity contribution is 5.89. The Morgan fingerprint density at radius 3 is 2.60 bits per heavy atom. The molecule has 0 saturated carbocycles. The van der Waals surface area contributed by atoms with Gasteiger partial charge in [-0.3, -0.25) is 0 Å². The molecule has 1 aromatic carbocycles. The van der Waals surface area contributed by atoms with E-state index in [4.69, 9.17) is 5.11 Å². The number of aliphatic carboxylic acids is 1. The predicted octanol–water partition coefficient (Wildman–Crippen LogP) is 3.02. The van der Waals surface area contributed by atoms with E-state index < -0.39 is 18.2 Å². The summed E-state index contributed by atoms with van der Waals surface area (Å²) in [5, 5.41) is 8.23. The van der Waals surface area contributed by atoms with Crippen molar-refractivity contribution in [1.82, 2.24) is 0 Å². The first-order chi connectivity index (χ1) is 7.00. The quantitative estimate of drug-likeness (QED) is 0.788. The van der Waals surface area contributed by atoms with Gasteiger partial charge in [0.05, 0.1) is 0 Å². The highest BCUT2D eigenvalue weighted by Crippen LogP contribution is 2.20. The van der Waals surface area contributed by atoms with Crippen LogP contribution in [0.25, 0.3) is 6.08 Å². The van der Waals surface area contributed by atoms with Gasteiger partial charge in [-0.05, 0) is 17.7 Å². The van der Waals surface area contributed by atoms with E-state index in [2.05, 4.69) is 0 Å². The lowest BCUT2D eigenvalue weighted by Gasteiger charge is -2.00. The maximum absolute atomic E-state index is 12.6. The molecule has 80 valence electrons. The second kappa shape index (κ2) is 4.63. The van der Waals surface area contributed by atoms with E-state index >= 15 is 0 Å². The molecular formula is C10H7F3O2. The van der Waals surface area contributed by atoms with E-state index in [1.807, 2.05) is 0 Å². The Bertz CT molecular complexity index is 399. The summed E-state index contributed by atoms with van der Waals surface area (Å²) in [4.78, 5) is 10.1. The Morgan fingerprint density at radius 1 is 1.40 bits per heavy atom. The number of hydrogen-bond acceptors (Lipinski definition) is 1. The molecule has 0 amide bonds. The zero-order valence-corrected chi connectivity index (χ0v) is 7.45. The second-order valence-electron chi connectivity index (χ2n) is 2.77. The first kappa shape index (κ1) is 11.3. The molecule has 0 fully saturated rings. The van der Waals surface area contributed by atoms with Crippen molar-refractivity contribution in [2.45, 2.75) is 6.43 Å². The number of carboxylic acid groups (broad SMARTS) is 1. The summed E-state index contributed by atoms with van der Waals surface area (Å²) in [6.07, 6.45) is -1.97. The number of rotatable bonds is 3. The normalized spacial score (nSPS) is 11.9. The van der Waals surface area contributed by atoms with Crippen LogP contribution >= 0.6 is 0 Å². The van der Waals surface area contributed by atoms with Gasteiger partial charge in [-0.2, -0.15) is 4.39 Å². The van der Waals surface area contributed by atoms with Crippen molar-refractivity contribution in [2.75, 3.05) is 0 Å². The standard InChI is InChI=1S/C10H7F3O2/c11-8(10(14)15)5-6-2-1-3-7(4-6)9(12)13/h1-5,9H,(H,14,15)/b8-5-. The van der Waals surface area contributed by atoms with Gasteiger partial charge in [0.25, 0.3) is 6.43 Å². The molecular weight excluding hydrogens is 209 g/mol. The van der Waals surface area contributed by atoms with Crippen molar-refractivity contribution in [3.05, 3.63) is 41.2 Å². The fourth-order valence-electron chi connectivity index (χ4n) is 0.993. The average molecular weight is 216 g/mol. The van der Waals surface area contributed by atoms with Gasteiger partial charge in [-0.15, -0.1) is 0 Å². The molecule has 0 bridgehead atoms. The molecule has 0 atom stereocenters. The summed E-state index contributed by atoms with van der Waals surface area (Å²) in [5.74, 6) is -3.11. The molecule has 0 unspecified atom stereocenters. The molecule has 0 spiro atoms. The van der Waals surface area contributed by atoms with Crippen LogP contribution in [0.15, 0.2) is 30.1 Å². The smallest absolute Gasteiger partial charge is 0.364 e. The maximum Gasteiger partial charge on any atom is 0.364 e. The highest BCUT2D eigenvalue weighted by Gasteiger charge is 2.08. The number of alkyl halides is 2. The molecule has 1 rings (SSSR count). The van der Waals surface area contributed by atoms with Crippen molar-refractivity contribution in [1.29, 1.82) is 0 Å². The van der Waals surface area contributed by atoms with E-state index in [9.17, 15) is 18.0 Å². The van der Waals surface area contributed by atoms with Gasteiger partial charge in [0, 0.05) is 5.56 Å². The van der Waals surface area contributed by atoms with Crippen LogP contribution in [-0.4, -0.2) is 11.1 Å². The van der Waals surface area contributed by atoms with E-state index in [0.29, 0.717) is 6.08 Å². The fraction of sp³-hybridized carbons (Fsp3) is 0.100. The monoisotopic (exact) mass is 216 g/mol. The van der Waals surface area contributed by atoms with Gasteiger partial charge in [0.2, 0.25) is 5.83 Å². The minimum Gasteiger partial charge on any atom is -0.476 e. The molecule has 5 heteroatoms. The van der Waals surface area contributed by atoms with E-state index in [-0.39, 0.29) is 11.1 Å². The van der Waals surface area contributed by atoms with Gasteiger partial charge >= 0.3 is 5.97 Å². The maximum atomic E-state index is 12.6. The Morgan fingerprint density at radius 2 is 2.07 bits per heavy atom. The topological polar surface area (TPSA) is 37.3 Å². The first-order valence-corrected chi connectivity index (χ1v) is 3.99. The molecule has 1 N–H and O–H groups in total. The van der Waals surface area contributed by atoms with Crippen molar-refractivity contribution >= 4 is 12.0 Å². The molecule has 15 heavy (non-hydrogen) atoms. The Hall–Kier alpha value is -1.78. The van der Waals surface area contributed by atoms with Crippen LogP contribution in [0.2, 0.25) is 0 Å². The summed E-state index contributed by atoms with van der Waals surface area (Å²) < 4.78 is 37.0. The Balaban J connectivity index is 3.01. The molecule has 1 aromatic rings. The zero-order chi connectivity index (χ0) is 11.4. The zero-order valence-electron chi connectivity index (χ0n) is 7.45. The third-order valence-corrected chi connectivity index (χ3v) is 1.66. The average Bonchev–Trinajstić information content (AvgIpc) is 2.18. The Labute approximate surface area is 83.7 Å². The van der Waals surface area contributed by atoms with E-state index in [1.165, 1.54) is 18.2 Å². The highest BCUT2D eigenvalue weighted by atomic mass is 19.3. The molecule has 2 nitrogen and oxygen atoms in total. The van der Waals surface area contributed by atoms with Crippen molar-refractivity contribution in [3.63, 3.8) is 0 Å². The van der Waals surface area contributed by atoms with Crippen LogP contribution in [0, 0.1) is 0 Å². The number of hydrogen-bond donors (Lipinski definition) is 1. The van der Waals surface area contributed by atoms with Crippen molar-refractivity contribution in [2.24, 2.45) is 0 Å². The lowest BCUT2D eigenvalue weighted by molar-refractivity contribution is -0.134. The molecule has 0 radical (unpaired) electrons. The lowest BCUT2D eigenvalue weighted by Crippen LogP contribution is -1.94. The van der Waals surface area contributed by atoms with E-state index in [1.54, 1.807) is 0 Å². The third-order valence-electron chi connectivity index (χ3n) is 1.66. The van der Waals surface area contributed by atoms with Crippen LogP contribution in [0.4, 0.5) is 13.2 Å². The van der Waals surface area contributed by atoms with Gasteiger partial charge < -0.3 is 5.11 Å².